The third-order valence-electron chi connectivity index (χ3n) is 2.96. The Morgan fingerprint density at radius 2 is 2.19 bits per heavy atom. The van der Waals surface area contributed by atoms with E-state index < -0.39 is 37.1 Å². The SMILES string of the molecule is O=C(N[C@@H]1O[C@H](CO)[C@@H](O)[C@H]1O)c1nc[nH]c1C#CCO. The normalized spacial score (nSPS) is 28.0. The maximum Gasteiger partial charge on any atom is 0.274 e. The predicted molar refractivity (Wildman–Crippen MR) is 67.8 cm³/mol. The number of imidazole rings is 1. The number of aliphatic hydroxyl groups excluding tert-OH is 4. The number of carbonyl (C=O) groups is 1. The molecule has 1 fully saturated rings. The molecule has 9 nitrogen and oxygen atoms in total. The molecule has 0 bridgehead atoms. The van der Waals surface area contributed by atoms with Crippen molar-refractivity contribution < 1.29 is 30.0 Å². The first-order valence-corrected chi connectivity index (χ1v) is 6.15. The Bertz CT molecular complexity index is 563. The fourth-order valence-corrected chi connectivity index (χ4v) is 1.91. The van der Waals surface area contributed by atoms with Gasteiger partial charge in [-0.15, -0.1) is 0 Å². The zero-order chi connectivity index (χ0) is 15.4. The maximum atomic E-state index is 12.0. The molecule has 0 saturated carbocycles. The molecule has 0 aliphatic carbocycles. The Morgan fingerprint density at radius 3 is 2.81 bits per heavy atom. The molecule has 1 saturated heterocycles. The minimum absolute atomic E-state index is 0.0336. The first kappa shape index (κ1) is 15.4. The molecule has 1 aromatic heterocycles. The van der Waals surface area contributed by atoms with Crippen molar-refractivity contribution in [3.8, 4) is 11.8 Å². The van der Waals surface area contributed by atoms with E-state index in [1.54, 1.807) is 0 Å². The summed E-state index contributed by atoms with van der Waals surface area (Å²) in [6, 6.07) is 0. The molecule has 0 radical (unpaired) electrons. The number of carbonyl (C=O) groups excluding carboxylic acids is 1. The van der Waals surface area contributed by atoms with Crippen molar-refractivity contribution in [3.05, 3.63) is 17.7 Å². The average molecular weight is 297 g/mol. The van der Waals surface area contributed by atoms with Crippen molar-refractivity contribution >= 4 is 5.91 Å². The molecule has 1 amide bonds. The Balaban J connectivity index is 2.07. The summed E-state index contributed by atoms with van der Waals surface area (Å²) in [5.41, 5.74) is 0.169. The van der Waals surface area contributed by atoms with Crippen molar-refractivity contribution in [3.63, 3.8) is 0 Å². The number of hydrogen-bond acceptors (Lipinski definition) is 7. The van der Waals surface area contributed by atoms with Crippen LogP contribution in [0.2, 0.25) is 0 Å². The molecule has 2 rings (SSSR count). The second kappa shape index (κ2) is 6.66. The first-order valence-electron chi connectivity index (χ1n) is 6.15. The number of nitrogens with one attached hydrogen (secondary N) is 2. The lowest BCUT2D eigenvalue weighted by Gasteiger charge is -2.15. The largest absolute Gasteiger partial charge is 0.394 e. The van der Waals surface area contributed by atoms with Gasteiger partial charge in [-0.05, 0) is 5.92 Å². The highest BCUT2D eigenvalue weighted by molar-refractivity contribution is 5.94. The molecule has 21 heavy (non-hydrogen) atoms. The molecule has 1 aliphatic rings. The minimum atomic E-state index is -1.36. The van der Waals surface area contributed by atoms with Crippen LogP contribution in [0.25, 0.3) is 0 Å². The standard InChI is InChI=1S/C12H15N3O6/c16-3-1-2-6-8(14-5-13-6)11(20)15-12-10(19)9(18)7(4-17)21-12/h5,7,9-10,12,16-19H,3-4H2,(H,13,14)(H,15,20)/t7-,9-,10-,12-/m1/s1. The van der Waals surface area contributed by atoms with Crippen LogP contribution in [-0.4, -0.2) is 74.1 Å². The third-order valence-corrected chi connectivity index (χ3v) is 2.96. The van der Waals surface area contributed by atoms with E-state index >= 15 is 0 Å². The van der Waals surface area contributed by atoms with Gasteiger partial charge in [0.1, 0.15) is 30.6 Å². The summed E-state index contributed by atoms with van der Waals surface area (Å²) < 4.78 is 5.13. The topological polar surface area (TPSA) is 148 Å². The molecule has 0 aromatic carbocycles. The molecular weight excluding hydrogens is 282 g/mol. The molecule has 1 aliphatic heterocycles. The molecule has 2 heterocycles. The maximum absolute atomic E-state index is 12.0. The van der Waals surface area contributed by atoms with Gasteiger partial charge in [0.15, 0.2) is 11.9 Å². The van der Waals surface area contributed by atoms with Crippen LogP contribution in [0.3, 0.4) is 0 Å². The number of aromatic amines is 1. The average Bonchev–Trinajstić information content (AvgIpc) is 3.05. The summed E-state index contributed by atoms with van der Waals surface area (Å²) in [5.74, 6) is 4.22. The van der Waals surface area contributed by atoms with Gasteiger partial charge in [0.05, 0.1) is 12.9 Å². The Labute approximate surface area is 119 Å². The van der Waals surface area contributed by atoms with E-state index in [1.807, 2.05) is 0 Å². The second-order valence-electron chi connectivity index (χ2n) is 4.32. The number of rotatable bonds is 3. The number of ether oxygens (including phenoxy) is 1. The van der Waals surface area contributed by atoms with E-state index in [0.29, 0.717) is 0 Å². The van der Waals surface area contributed by atoms with E-state index in [2.05, 4.69) is 27.1 Å². The quantitative estimate of drug-likeness (QED) is 0.324. The number of amides is 1. The van der Waals surface area contributed by atoms with E-state index in [4.69, 9.17) is 14.9 Å². The summed E-state index contributed by atoms with van der Waals surface area (Å²) in [4.78, 5) is 18.5. The summed E-state index contributed by atoms with van der Waals surface area (Å²) in [5, 5.41) is 39.3. The van der Waals surface area contributed by atoms with E-state index in [1.165, 1.54) is 6.33 Å². The van der Waals surface area contributed by atoms with E-state index in [0.717, 1.165) is 0 Å². The number of nitrogens with zero attached hydrogens (tertiary/aromatic N) is 1. The van der Waals surface area contributed by atoms with Gasteiger partial charge in [-0.25, -0.2) is 4.98 Å². The van der Waals surface area contributed by atoms with Crippen LogP contribution < -0.4 is 5.32 Å². The minimum Gasteiger partial charge on any atom is -0.394 e. The Morgan fingerprint density at radius 1 is 1.43 bits per heavy atom. The smallest absolute Gasteiger partial charge is 0.274 e. The van der Waals surface area contributed by atoms with Gasteiger partial charge in [-0.2, -0.15) is 0 Å². The number of H-pyrrole nitrogens is 1. The van der Waals surface area contributed by atoms with E-state index in [-0.39, 0.29) is 18.0 Å². The first-order chi connectivity index (χ1) is 10.1. The van der Waals surface area contributed by atoms with Crippen molar-refractivity contribution in [1.29, 1.82) is 0 Å². The molecule has 114 valence electrons. The van der Waals surface area contributed by atoms with Gasteiger partial charge in [0, 0.05) is 0 Å². The lowest BCUT2D eigenvalue weighted by molar-refractivity contribution is -0.0305. The molecule has 9 heteroatoms. The lowest BCUT2D eigenvalue weighted by atomic mass is 10.1. The summed E-state index contributed by atoms with van der Waals surface area (Å²) in [6.07, 6.45) is -3.54. The number of aliphatic hydroxyl groups is 4. The summed E-state index contributed by atoms with van der Waals surface area (Å²) in [7, 11) is 0. The third kappa shape index (κ3) is 3.21. The molecule has 6 N–H and O–H groups in total. The van der Waals surface area contributed by atoms with Gasteiger partial charge in [0.25, 0.3) is 5.91 Å². The Kier molecular flexibility index (Phi) is 4.89. The summed E-state index contributed by atoms with van der Waals surface area (Å²) >= 11 is 0. The molecule has 0 spiro atoms. The van der Waals surface area contributed by atoms with E-state index in [9.17, 15) is 15.0 Å². The van der Waals surface area contributed by atoms with Crippen molar-refractivity contribution in [2.45, 2.75) is 24.5 Å². The van der Waals surface area contributed by atoms with Gasteiger partial charge >= 0.3 is 0 Å². The zero-order valence-corrected chi connectivity index (χ0v) is 10.9. The highest BCUT2D eigenvalue weighted by Gasteiger charge is 2.43. The lowest BCUT2D eigenvalue weighted by Crippen LogP contribution is -2.44. The molecule has 1 aromatic rings. The zero-order valence-electron chi connectivity index (χ0n) is 10.9. The summed E-state index contributed by atoms with van der Waals surface area (Å²) in [6.45, 7) is -0.852. The van der Waals surface area contributed by atoms with Crippen LogP contribution in [0.1, 0.15) is 16.2 Å². The van der Waals surface area contributed by atoms with Crippen molar-refractivity contribution in [2.75, 3.05) is 13.2 Å². The van der Waals surface area contributed by atoms with Crippen LogP contribution in [0, 0.1) is 11.8 Å². The number of hydrogen-bond donors (Lipinski definition) is 6. The van der Waals surface area contributed by atoms with Gasteiger partial charge in [-0.3, -0.25) is 4.79 Å². The molecule has 0 unspecified atom stereocenters. The van der Waals surface area contributed by atoms with Crippen LogP contribution in [0.4, 0.5) is 0 Å². The molecule has 4 atom stereocenters. The highest BCUT2D eigenvalue weighted by atomic mass is 16.6. The van der Waals surface area contributed by atoms with Crippen molar-refractivity contribution in [2.24, 2.45) is 0 Å². The fourth-order valence-electron chi connectivity index (χ4n) is 1.91. The second-order valence-corrected chi connectivity index (χ2v) is 4.32. The van der Waals surface area contributed by atoms with Crippen LogP contribution in [0.5, 0.6) is 0 Å². The number of aromatic nitrogens is 2. The van der Waals surface area contributed by atoms with Crippen LogP contribution in [0.15, 0.2) is 6.33 Å². The predicted octanol–water partition coefficient (Wildman–Crippen LogP) is -3.08. The Hall–Kier alpha value is -1.96. The van der Waals surface area contributed by atoms with Crippen molar-refractivity contribution in [1.82, 2.24) is 15.3 Å². The van der Waals surface area contributed by atoms with Gasteiger partial charge in [-0.1, -0.05) is 5.92 Å². The fraction of sp³-hybridized carbons (Fsp3) is 0.500. The van der Waals surface area contributed by atoms with Gasteiger partial charge < -0.3 is 35.5 Å². The van der Waals surface area contributed by atoms with Gasteiger partial charge in [0.2, 0.25) is 0 Å². The van der Waals surface area contributed by atoms with Crippen LogP contribution >= 0.6 is 0 Å². The highest BCUT2D eigenvalue weighted by Crippen LogP contribution is 2.19. The molecular formula is C12H15N3O6. The monoisotopic (exact) mass is 297 g/mol. The van der Waals surface area contributed by atoms with Crippen LogP contribution in [-0.2, 0) is 4.74 Å².